The number of hydrogen-bond donors (Lipinski definition) is 4. The largest absolute Gasteiger partial charge is 0.417 e. The number of nitrogens with one attached hydrogen (secondary N) is 2. The topological polar surface area (TPSA) is 104 Å². The first-order chi connectivity index (χ1) is 14.9. The van der Waals surface area contributed by atoms with Crippen molar-refractivity contribution in [1.29, 1.82) is 0 Å². The highest BCUT2D eigenvalue weighted by molar-refractivity contribution is 7.09. The van der Waals surface area contributed by atoms with Crippen molar-refractivity contribution in [3.8, 4) is 11.3 Å². The lowest BCUT2D eigenvalue weighted by Gasteiger charge is -2.15. The Labute approximate surface area is 181 Å². The van der Waals surface area contributed by atoms with Gasteiger partial charge in [0.05, 0.1) is 29.5 Å². The Morgan fingerprint density at radius 1 is 1.16 bits per heavy atom. The molecule has 0 aliphatic heterocycles. The minimum absolute atomic E-state index is 0.0293. The third-order valence-corrected chi connectivity index (χ3v) is 5.45. The van der Waals surface area contributed by atoms with Gasteiger partial charge in [-0.1, -0.05) is 6.07 Å². The Balaban J connectivity index is 1.88. The van der Waals surface area contributed by atoms with Crippen molar-refractivity contribution >= 4 is 17.2 Å². The third-order valence-electron chi connectivity index (χ3n) is 4.44. The van der Waals surface area contributed by atoms with Gasteiger partial charge in [-0.25, -0.2) is 4.98 Å². The number of carbonyl (C=O) groups is 1. The number of rotatable bonds is 6. The van der Waals surface area contributed by atoms with Gasteiger partial charge in [0.1, 0.15) is 10.7 Å². The average molecular weight is 478 g/mol. The molecule has 5 N–H and O–H groups in total. The minimum Gasteiger partial charge on any atom is -0.390 e. The molecule has 0 fully saturated rings. The molecule has 0 unspecified atom stereocenters. The smallest absolute Gasteiger partial charge is 0.390 e. The molecule has 3 aromatic rings. The molecule has 2 heterocycles. The molecule has 13 heteroatoms. The van der Waals surface area contributed by atoms with Crippen LogP contribution in [0.25, 0.3) is 11.3 Å². The number of aromatic amines is 1. The van der Waals surface area contributed by atoms with Crippen molar-refractivity contribution in [2.75, 3.05) is 6.54 Å². The molecule has 1 aromatic carbocycles. The Kier molecular flexibility index (Phi) is 6.62. The molecule has 2 aromatic heterocycles. The van der Waals surface area contributed by atoms with E-state index in [9.17, 15) is 31.1 Å². The van der Waals surface area contributed by atoms with Crippen LogP contribution in [0.15, 0.2) is 35.7 Å². The maximum absolute atomic E-state index is 13.4. The first-order valence-electron chi connectivity index (χ1n) is 8.98. The fraction of sp³-hybridized carbons (Fsp3) is 0.263. The first-order valence-corrected chi connectivity index (χ1v) is 9.86. The monoisotopic (exact) mass is 478 g/mol. The highest BCUT2D eigenvalue weighted by Gasteiger charge is 2.38. The van der Waals surface area contributed by atoms with E-state index in [4.69, 9.17) is 10.8 Å². The van der Waals surface area contributed by atoms with Crippen molar-refractivity contribution in [2.45, 2.75) is 25.0 Å². The van der Waals surface area contributed by atoms with E-state index in [1.165, 1.54) is 6.07 Å². The van der Waals surface area contributed by atoms with Gasteiger partial charge in [0.2, 0.25) is 0 Å². The van der Waals surface area contributed by atoms with E-state index in [2.05, 4.69) is 15.3 Å². The van der Waals surface area contributed by atoms with Crippen LogP contribution < -0.4 is 11.1 Å². The Bertz CT molecular complexity index is 1110. The van der Waals surface area contributed by atoms with Crippen molar-refractivity contribution in [2.24, 2.45) is 5.73 Å². The van der Waals surface area contributed by atoms with E-state index in [1.54, 1.807) is 5.38 Å². The van der Waals surface area contributed by atoms with Crippen molar-refractivity contribution in [1.82, 2.24) is 15.3 Å². The van der Waals surface area contributed by atoms with Gasteiger partial charge in [0, 0.05) is 23.2 Å². The second-order valence-electron chi connectivity index (χ2n) is 6.64. The number of alkyl halides is 6. The number of aliphatic hydroxyl groups excluding tert-OH is 1. The number of aromatic nitrogens is 2. The second-order valence-corrected chi connectivity index (χ2v) is 7.53. The fourth-order valence-corrected chi connectivity index (χ4v) is 3.76. The molecule has 0 spiro atoms. The zero-order chi connectivity index (χ0) is 23.7. The van der Waals surface area contributed by atoms with Crippen LogP contribution in [0.5, 0.6) is 0 Å². The molecule has 0 aliphatic rings. The van der Waals surface area contributed by atoms with Crippen LogP contribution in [0.1, 0.15) is 38.4 Å². The van der Waals surface area contributed by atoms with Crippen LogP contribution in [0.4, 0.5) is 26.3 Å². The average Bonchev–Trinajstić information content (AvgIpc) is 3.40. The van der Waals surface area contributed by atoms with Crippen LogP contribution in [-0.2, 0) is 19.0 Å². The zero-order valence-electron chi connectivity index (χ0n) is 16.0. The summed E-state index contributed by atoms with van der Waals surface area (Å²) in [4.78, 5) is 19.2. The zero-order valence-corrected chi connectivity index (χ0v) is 16.8. The second kappa shape index (κ2) is 8.92. The SMILES string of the molecule is NC[C@H](NC(=O)c1ccc(-c2ccc(C(F)(F)F)cc2C(F)(F)F)[nH]1)c1nc(CO)cs1. The molecular weight excluding hydrogens is 462 g/mol. The highest BCUT2D eigenvalue weighted by Crippen LogP contribution is 2.40. The van der Waals surface area contributed by atoms with Crippen LogP contribution >= 0.6 is 11.3 Å². The number of thiazole rings is 1. The lowest BCUT2D eigenvalue weighted by Crippen LogP contribution is -2.33. The van der Waals surface area contributed by atoms with Gasteiger partial charge in [-0.05, 0) is 24.3 Å². The molecule has 0 bridgehead atoms. The summed E-state index contributed by atoms with van der Waals surface area (Å²) >= 11 is 1.16. The van der Waals surface area contributed by atoms with Crippen LogP contribution in [-0.4, -0.2) is 27.5 Å². The summed E-state index contributed by atoms with van der Waals surface area (Å²) in [6, 6.07) is 2.93. The van der Waals surface area contributed by atoms with Gasteiger partial charge < -0.3 is 21.1 Å². The third kappa shape index (κ3) is 5.11. The lowest BCUT2D eigenvalue weighted by atomic mass is 10.0. The molecule has 1 amide bonds. The Hall–Kier alpha value is -2.90. The maximum Gasteiger partial charge on any atom is 0.417 e. The van der Waals surface area contributed by atoms with Crippen molar-refractivity contribution in [3.63, 3.8) is 0 Å². The Morgan fingerprint density at radius 2 is 1.88 bits per heavy atom. The van der Waals surface area contributed by atoms with E-state index in [1.807, 2.05) is 0 Å². The molecule has 0 saturated carbocycles. The maximum atomic E-state index is 13.4. The number of carbonyl (C=O) groups excluding carboxylic acids is 1. The molecule has 0 saturated heterocycles. The van der Waals surface area contributed by atoms with E-state index in [-0.39, 0.29) is 30.6 Å². The molecular formula is C19H16F6N4O2S. The number of amides is 1. The van der Waals surface area contributed by atoms with E-state index in [0.29, 0.717) is 22.8 Å². The first kappa shape index (κ1) is 23.8. The van der Waals surface area contributed by atoms with Gasteiger partial charge >= 0.3 is 12.4 Å². The minimum atomic E-state index is -5.05. The predicted octanol–water partition coefficient (Wildman–Crippen LogP) is 4.10. The van der Waals surface area contributed by atoms with Crippen molar-refractivity contribution < 1.29 is 36.2 Å². The highest BCUT2D eigenvalue weighted by atomic mass is 32.1. The summed E-state index contributed by atoms with van der Waals surface area (Å²) < 4.78 is 78.8. The summed E-state index contributed by atoms with van der Waals surface area (Å²) in [5.74, 6) is -0.701. The quantitative estimate of drug-likeness (QED) is 0.401. The van der Waals surface area contributed by atoms with Gasteiger partial charge in [0.25, 0.3) is 5.91 Å². The van der Waals surface area contributed by atoms with Crippen LogP contribution in [0.2, 0.25) is 0 Å². The molecule has 0 radical (unpaired) electrons. The normalized spacial score (nSPS) is 13.2. The number of halogens is 6. The number of nitrogens with zero attached hydrogens (tertiary/aromatic N) is 1. The van der Waals surface area contributed by atoms with Crippen LogP contribution in [0, 0.1) is 0 Å². The van der Waals surface area contributed by atoms with E-state index < -0.39 is 41.0 Å². The summed E-state index contributed by atoms with van der Waals surface area (Å²) in [5, 5.41) is 13.7. The van der Waals surface area contributed by atoms with Crippen molar-refractivity contribution in [3.05, 3.63) is 63.2 Å². The number of hydrogen-bond acceptors (Lipinski definition) is 5. The molecule has 3 rings (SSSR count). The summed E-state index contributed by atoms with van der Waals surface area (Å²) in [6.45, 7) is -0.328. The molecule has 0 aliphatic carbocycles. The standard InChI is InChI=1S/C19H16F6N4O2S/c20-18(21,22)9-1-2-11(12(5-9)19(23,24)25)13-3-4-14(28-13)16(31)29-15(6-26)17-27-10(7-30)8-32-17/h1-5,8,15,28,30H,6-7,26H2,(H,29,31)/t15-/m0/s1. The number of nitrogens with two attached hydrogens (primary N) is 1. The van der Waals surface area contributed by atoms with Gasteiger partial charge in [-0.15, -0.1) is 11.3 Å². The van der Waals surface area contributed by atoms with E-state index >= 15 is 0 Å². The predicted molar refractivity (Wildman–Crippen MR) is 104 cm³/mol. The van der Waals surface area contributed by atoms with Gasteiger partial charge in [0.15, 0.2) is 0 Å². The van der Waals surface area contributed by atoms with Gasteiger partial charge in [-0.2, -0.15) is 26.3 Å². The number of benzene rings is 1. The fourth-order valence-electron chi connectivity index (χ4n) is 2.89. The molecule has 32 heavy (non-hydrogen) atoms. The summed E-state index contributed by atoms with van der Waals surface area (Å²) in [5.41, 5.74) is 2.29. The summed E-state index contributed by atoms with van der Waals surface area (Å²) in [6.07, 6.45) is -9.99. The van der Waals surface area contributed by atoms with Crippen LogP contribution in [0.3, 0.4) is 0 Å². The lowest BCUT2D eigenvalue weighted by molar-refractivity contribution is -0.142. The number of aliphatic hydroxyl groups is 1. The number of H-pyrrole nitrogens is 1. The molecule has 172 valence electrons. The Morgan fingerprint density at radius 3 is 2.44 bits per heavy atom. The molecule has 1 atom stereocenters. The van der Waals surface area contributed by atoms with Gasteiger partial charge in [-0.3, -0.25) is 4.79 Å². The molecule has 6 nitrogen and oxygen atoms in total. The summed E-state index contributed by atoms with van der Waals surface area (Å²) in [7, 11) is 0. The van der Waals surface area contributed by atoms with E-state index in [0.717, 1.165) is 17.4 Å².